The highest BCUT2D eigenvalue weighted by Gasteiger charge is 2.38. The molecule has 2 amide bonds. The highest BCUT2D eigenvalue weighted by Crippen LogP contribution is 2.43. The molecule has 2 unspecified atom stereocenters. The third kappa shape index (κ3) is 4.27. The van der Waals surface area contributed by atoms with Crippen molar-refractivity contribution in [2.24, 2.45) is 5.92 Å². The first kappa shape index (κ1) is 21.4. The first-order valence-electron chi connectivity index (χ1n) is 11.9. The van der Waals surface area contributed by atoms with E-state index >= 15 is 0 Å². The second-order valence-corrected chi connectivity index (χ2v) is 10.3. The van der Waals surface area contributed by atoms with Crippen LogP contribution in [0.15, 0.2) is 28.8 Å². The van der Waals surface area contributed by atoms with E-state index in [2.05, 4.69) is 35.7 Å². The summed E-state index contributed by atoms with van der Waals surface area (Å²) in [6.45, 7) is 7.40. The lowest BCUT2D eigenvalue weighted by Gasteiger charge is -2.38. The van der Waals surface area contributed by atoms with E-state index in [1.807, 2.05) is 6.07 Å². The van der Waals surface area contributed by atoms with E-state index in [4.69, 9.17) is 4.52 Å². The summed E-state index contributed by atoms with van der Waals surface area (Å²) in [6, 6.07) is 6.98. The first-order chi connectivity index (χ1) is 15.4. The van der Waals surface area contributed by atoms with Crippen molar-refractivity contribution in [3.63, 3.8) is 0 Å². The zero-order chi connectivity index (χ0) is 22.3. The van der Waals surface area contributed by atoms with Gasteiger partial charge in [0.25, 0.3) is 0 Å². The number of urea groups is 1. The standard InChI is InChI=1S/C25H33FN4O2/c1-16-12-18(15-27-14-16)19-4-3-5-20(26)23(19)28-24(31)30-10-8-25(2,9-11-30)22-13-21(32-29-22)17-6-7-17/h3-5,13,16-18,27H,6-12,14-15H2,1-2H3,(H,28,31). The number of aromatic nitrogens is 1. The lowest BCUT2D eigenvalue weighted by molar-refractivity contribution is 0.170. The van der Waals surface area contributed by atoms with E-state index in [1.165, 1.54) is 18.9 Å². The third-order valence-corrected chi connectivity index (χ3v) is 7.57. The van der Waals surface area contributed by atoms with Crippen LogP contribution in [0, 0.1) is 11.7 Å². The summed E-state index contributed by atoms with van der Waals surface area (Å²) in [5.41, 5.74) is 2.11. The van der Waals surface area contributed by atoms with E-state index in [1.54, 1.807) is 11.0 Å². The Labute approximate surface area is 188 Å². The van der Waals surface area contributed by atoms with Gasteiger partial charge in [-0.15, -0.1) is 0 Å². The Kier molecular flexibility index (Phi) is 5.70. The largest absolute Gasteiger partial charge is 0.361 e. The van der Waals surface area contributed by atoms with Gasteiger partial charge >= 0.3 is 6.03 Å². The number of carbonyl (C=O) groups excluding carboxylic acids is 1. The number of amides is 2. The van der Waals surface area contributed by atoms with Crippen molar-refractivity contribution < 1.29 is 13.7 Å². The molecule has 3 heterocycles. The van der Waals surface area contributed by atoms with E-state index < -0.39 is 0 Å². The van der Waals surface area contributed by atoms with Crippen LogP contribution >= 0.6 is 0 Å². The van der Waals surface area contributed by atoms with E-state index in [0.717, 1.165) is 49.4 Å². The molecule has 0 bridgehead atoms. The molecule has 1 aromatic carbocycles. The Bertz CT molecular complexity index is 978. The number of likely N-dealkylation sites (tertiary alicyclic amines) is 1. The number of hydrogen-bond acceptors (Lipinski definition) is 4. The molecule has 0 spiro atoms. The number of halogens is 1. The van der Waals surface area contributed by atoms with Gasteiger partial charge in [0.2, 0.25) is 0 Å². The number of para-hydroxylation sites is 1. The minimum Gasteiger partial charge on any atom is -0.361 e. The molecule has 2 aromatic rings. The van der Waals surface area contributed by atoms with Gasteiger partial charge in [-0.2, -0.15) is 0 Å². The molecule has 5 rings (SSSR count). The molecule has 2 atom stereocenters. The summed E-state index contributed by atoms with van der Waals surface area (Å²) in [5, 5.41) is 10.7. The summed E-state index contributed by atoms with van der Waals surface area (Å²) < 4.78 is 20.3. The summed E-state index contributed by atoms with van der Waals surface area (Å²) >= 11 is 0. The highest BCUT2D eigenvalue weighted by atomic mass is 19.1. The summed E-state index contributed by atoms with van der Waals surface area (Å²) in [4.78, 5) is 14.9. The average Bonchev–Trinajstić information content (AvgIpc) is 3.51. The first-order valence-corrected chi connectivity index (χ1v) is 11.9. The van der Waals surface area contributed by atoms with Gasteiger partial charge in [-0.05, 0) is 62.1 Å². The SMILES string of the molecule is CC1CNCC(c2cccc(F)c2NC(=O)N2CCC(C)(c3cc(C4CC4)on3)CC2)C1. The average molecular weight is 441 g/mol. The molecule has 0 radical (unpaired) electrons. The molecule has 2 N–H and O–H groups in total. The van der Waals surface area contributed by atoms with Crippen molar-refractivity contribution in [1.29, 1.82) is 0 Å². The number of piperidine rings is 2. The summed E-state index contributed by atoms with van der Waals surface area (Å²) in [5.74, 6) is 1.90. The van der Waals surface area contributed by atoms with Crippen LogP contribution in [0.2, 0.25) is 0 Å². The third-order valence-electron chi connectivity index (χ3n) is 7.57. The molecule has 7 heteroatoms. The Balaban J connectivity index is 1.25. The van der Waals surface area contributed by atoms with Gasteiger partial charge in [0.15, 0.2) is 0 Å². The number of anilines is 1. The number of hydrogen-bond donors (Lipinski definition) is 2. The molecule has 1 aliphatic carbocycles. The van der Waals surface area contributed by atoms with Gasteiger partial charge in [-0.1, -0.05) is 31.1 Å². The minimum absolute atomic E-state index is 0.0967. The van der Waals surface area contributed by atoms with E-state index in [0.29, 0.717) is 30.6 Å². The van der Waals surface area contributed by atoms with Crippen molar-refractivity contribution >= 4 is 11.7 Å². The van der Waals surface area contributed by atoms with E-state index in [9.17, 15) is 9.18 Å². The molecule has 1 saturated carbocycles. The van der Waals surface area contributed by atoms with Crippen molar-refractivity contribution in [3.8, 4) is 0 Å². The fourth-order valence-electron chi connectivity index (χ4n) is 5.19. The number of nitrogens with one attached hydrogen (secondary N) is 2. The van der Waals surface area contributed by atoms with Gasteiger partial charge in [0.05, 0.1) is 11.4 Å². The number of nitrogens with zero attached hydrogens (tertiary/aromatic N) is 2. The van der Waals surface area contributed by atoms with Gasteiger partial charge < -0.3 is 20.1 Å². The quantitative estimate of drug-likeness (QED) is 0.703. The summed E-state index contributed by atoms with van der Waals surface area (Å²) in [7, 11) is 0. The zero-order valence-electron chi connectivity index (χ0n) is 19.0. The molecule has 3 fully saturated rings. The Morgan fingerprint density at radius 1 is 1.25 bits per heavy atom. The molecule has 2 aliphatic heterocycles. The molecular formula is C25H33FN4O2. The van der Waals surface area contributed by atoms with Crippen LogP contribution in [-0.2, 0) is 5.41 Å². The van der Waals surface area contributed by atoms with E-state index in [-0.39, 0.29) is 23.2 Å². The molecule has 172 valence electrons. The molecule has 32 heavy (non-hydrogen) atoms. The number of benzene rings is 1. The molecule has 1 aromatic heterocycles. The van der Waals surface area contributed by atoms with Crippen LogP contribution < -0.4 is 10.6 Å². The van der Waals surface area contributed by atoms with Crippen LogP contribution in [-0.4, -0.2) is 42.3 Å². The van der Waals surface area contributed by atoms with Crippen LogP contribution in [0.25, 0.3) is 0 Å². The predicted molar refractivity (Wildman–Crippen MR) is 121 cm³/mol. The number of carbonyl (C=O) groups is 1. The zero-order valence-corrected chi connectivity index (χ0v) is 19.0. The topological polar surface area (TPSA) is 70.4 Å². The van der Waals surface area contributed by atoms with Gasteiger partial charge in [-0.25, -0.2) is 9.18 Å². The van der Waals surface area contributed by atoms with Crippen LogP contribution in [0.1, 0.15) is 74.8 Å². The van der Waals surface area contributed by atoms with Crippen LogP contribution in [0.4, 0.5) is 14.9 Å². The maximum atomic E-state index is 14.8. The maximum Gasteiger partial charge on any atom is 0.321 e. The lowest BCUT2D eigenvalue weighted by Crippen LogP contribution is -2.46. The fourth-order valence-corrected chi connectivity index (χ4v) is 5.19. The Morgan fingerprint density at radius 2 is 2.03 bits per heavy atom. The van der Waals surface area contributed by atoms with Gasteiger partial charge in [-0.3, -0.25) is 0 Å². The van der Waals surface area contributed by atoms with Crippen molar-refractivity contribution in [2.75, 3.05) is 31.5 Å². The molecule has 6 nitrogen and oxygen atoms in total. The normalized spacial score (nSPS) is 25.5. The predicted octanol–water partition coefficient (Wildman–Crippen LogP) is 4.99. The molecule has 2 saturated heterocycles. The van der Waals surface area contributed by atoms with Gasteiger partial charge in [0.1, 0.15) is 11.6 Å². The van der Waals surface area contributed by atoms with Crippen LogP contribution in [0.5, 0.6) is 0 Å². The second kappa shape index (κ2) is 8.50. The maximum absolute atomic E-state index is 14.8. The van der Waals surface area contributed by atoms with Crippen molar-refractivity contribution in [2.45, 2.75) is 63.2 Å². The Morgan fingerprint density at radius 3 is 2.75 bits per heavy atom. The van der Waals surface area contributed by atoms with Crippen molar-refractivity contribution in [1.82, 2.24) is 15.4 Å². The smallest absolute Gasteiger partial charge is 0.321 e. The minimum atomic E-state index is -0.369. The second-order valence-electron chi connectivity index (χ2n) is 10.3. The molecule has 3 aliphatic rings. The fraction of sp³-hybridized carbons (Fsp3) is 0.600. The van der Waals surface area contributed by atoms with Crippen molar-refractivity contribution in [3.05, 3.63) is 47.1 Å². The monoisotopic (exact) mass is 440 g/mol. The summed E-state index contributed by atoms with van der Waals surface area (Å²) in [6.07, 6.45) is 4.98. The molecular weight excluding hydrogens is 407 g/mol. The Hall–Kier alpha value is -2.41. The van der Waals surface area contributed by atoms with Crippen LogP contribution in [0.3, 0.4) is 0 Å². The van der Waals surface area contributed by atoms with Gasteiger partial charge in [0, 0.05) is 37.0 Å². The lowest BCUT2D eigenvalue weighted by atomic mass is 9.77. The number of rotatable bonds is 4. The highest BCUT2D eigenvalue weighted by molar-refractivity contribution is 5.90.